The van der Waals surface area contributed by atoms with Gasteiger partial charge in [-0.05, 0) is 19.1 Å². The van der Waals surface area contributed by atoms with E-state index in [0.29, 0.717) is 12.2 Å². The van der Waals surface area contributed by atoms with Gasteiger partial charge >= 0.3 is 6.36 Å². The summed E-state index contributed by atoms with van der Waals surface area (Å²) in [6, 6.07) is 5.62. The van der Waals surface area contributed by atoms with Crippen LogP contribution in [0.1, 0.15) is 18.3 Å². The van der Waals surface area contributed by atoms with Crippen molar-refractivity contribution in [3.05, 3.63) is 46.0 Å². The Bertz CT molecular complexity index is 708. The first-order valence-electron chi connectivity index (χ1n) is 6.26. The molecule has 0 radical (unpaired) electrons. The fraction of sp³-hybridized carbons (Fsp3) is 0.286. The average Bonchev–Trinajstić information content (AvgIpc) is 2.41. The molecule has 112 valence electrons. The molecule has 0 unspecified atom stereocenters. The molecule has 2 rings (SSSR count). The van der Waals surface area contributed by atoms with Crippen molar-refractivity contribution in [2.24, 2.45) is 0 Å². The first-order chi connectivity index (χ1) is 9.81. The van der Waals surface area contributed by atoms with Crippen molar-refractivity contribution >= 4 is 0 Å². The number of aromatic nitrogens is 2. The van der Waals surface area contributed by atoms with Crippen molar-refractivity contribution in [3.8, 4) is 17.0 Å². The van der Waals surface area contributed by atoms with Gasteiger partial charge in [0.15, 0.2) is 0 Å². The van der Waals surface area contributed by atoms with E-state index in [1.807, 2.05) is 0 Å². The molecule has 0 aliphatic rings. The monoisotopic (exact) mass is 298 g/mol. The highest BCUT2D eigenvalue weighted by Gasteiger charge is 2.32. The van der Waals surface area contributed by atoms with Crippen LogP contribution in [0.4, 0.5) is 13.2 Å². The average molecular weight is 298 g/mol. The summed E-state index contributed by atoms with van der Waals surface area (Å²) in [5.74, 6) is 0.0238. The molecule has 0 spiro atoms. The summed E-state index contributed by atoms with van der Waals surface area (Å²) in [6.07, 6.45) is -4.34. The molecule has 0 saturated carbocycles. The summed E-state index contributed by atoms with van der Waals surface area (Å²) < 4.78 is 41.4. The fourth-order valence-corrected chi connectivity index (χ4v) is 1.88. The van der Waals surface area contributed by atoms with Crippen molar-refractivity contribution in [2.45, 2.75) is 26.6 Å². The van der Waals surface area contributed by atoms with E-state index in [1.54, 1.807) is 13.0 Å². The first kappa shape index (κ1) is 15.1. The van der Waals surface area contributed by atoms with Crippen molar-refractivity contribution in [3.63, 3.8) is 0 Å². The smallest absolute Gasteiger partial charge is 0.405 e. The summed E-state index contributed by atoms with van der Waals surface area (Å²) in [5, 5.41) is 0. The molecule has 1 heterocycles. The van der Waals surface area contributed by atoms with E-state index < -0.39 is 6.36 Å². The van der Waals surface area contributed by atoms with E-state index in [-0.39, 0.29) is 28.1 Å². The maximum absolute atomic E-state index is 12.5. The Labute approximate surface area is 118 Å². The predicted octanol–water partition coefficient (Wildman–Crippen LogP) is 3.21. The number of aryl methyl sites for hydroxylation is 1. The van der Waals surface area contributed by atoms with Crippen molar-refractivity contribution in [1.29, 1.82) is 0 Å². The minimum atomic E-state index is -4.81. The number of H-pyrrole nitrogens is 1. The molecular weight excluding hydrogens is 285 g/mol. The number of hydrogen-bond acceptors (Lipinski definition) is 3. The topological polar surface area (TPSA) is 55.0 Å². The van der Waals surface area contributed by atoms with Crippen LogP contribution in [0.25, 0.3) is 11.3 Å². The van der Waals surface area contributed by atoms with Gasteiger partial charge in [-0.15, -0.1) is 13.2 Å². The number of alkyl halides is 3. The van der Waals surface area contributed by atoms with Crippen LogP contribution in [0, 0.1) is 6.92 Å². The summed E-state index contributed by atoms with van der Waals surface area (Å²) in [4.78, 5) is 18.6. The molecule has 1 aromatic carbocycles. The zero-order valence-corrected chi connectivity index (χ0v) is 11.4. The highest BCUT2D eigenvalue weighted by atomic mass is 19.4. The van der Waals surface area contributed by atoms with Gasteiger partial charge in [0.2, 0.25) is 0 Å². The lowest BCUT2D eigenvalue weighted by Gasteiger charge is -2.14. The molecule has 1 aromatic heterocycles. The molecule has 0 atom stereocenters. The SMILES string of the molecule is CCc1nc(-c2ccccc2OC(F)(F)F)c(C)c(=O)[nH]1. The third-order valence-corrected chi connectivity index (χ3v) is 2.90. The molecule has 0 bridgehead atoms. The minimum absolute atomic E-state index is 0.133. The van der Waals surface area contributed by atoms with Gasteiger partial charge in [0, 0.05) is 17.5 Å². The van der Waals surface area contributed by atoms with Crippen molar-refractivity contribution in [2.75, 3.05) is 0 Å². The molecule has 0 fully saturated rings. The molecule has 0 aliphatic heterocycles. The van der Waals surface area contributed by atoms with Gasteiger partial charge in [-0.25, -0.2) is 4.98 Å². The number of hydrogen-bond donors (Lipinski definition) is 1. The van der Waals surface area contributed by atoms with Gasteiger partial charge in [0.05, 0.1) is 5.69 Å². The summed E-state index contributed by atoms with van der Waals surface area (Å²) >= 11 is 0. The standard InChI is InChI=1S/C14H13F3N2O2/c1-3-11-18-12(8(2)13(20)19-11)9-6-4-5-7-10(9)21-14(15,16)17/h4-7H,3H2,1-2H3,(H,18,19,20). The predicted molar refractivity (Wildman–Crippen MR) is 71.1 cm³/mol. The van der Waals surface area contributed by atoms with Crippen LogP contribution < -0.4 is 10.3 Å². The highest BCUT2D eigenvalue weighted by Crippen LogP contribution is 2.33. The molecule has 0 aliphatic carbocycles. The van der Waals surface area contributed by atoms with Crippen LogP contribution in [-0.4, -0.2) is 16.3 Å². The zero-order chi connectivity index (χ0) is 15.6. The lowest BCUT2D eigenvalue weighted by molar-refractivity contribution is -0.274. The largest absolute Gasteiger partial charge is 0.573 e. The van der Waals surface area contributed by atoms with Crippen LogP contribution in [0.2, 0.25) is 0 Å². The van der Waals surface area contributed by atoms with Gasteiger partial charge < -0.3 is 9.72 Å². The van der Waals surface area contributed by atoms with E-state index in [9.17, 15) is 18.0 Å². The second kappa shape index (κ2) is 5.59. The Hall–Kier alpha value is -2.31. The zero-order valence-electron chi connectivity index (χ0n) is 11.4. The van der Waals surface area contributed by atoms with E-state index >= 15 is 0 Å². The van der Waals surface area contributed by atoms with Gasteiger partial charge in [-0.1, -0.05) is 19.1 Å². The number of benzene rings is 1. The number of rotatable bonds is 3. The third kappa shape index (κ3) is 3.42. The molecular formula is C14H13F3N2O2. The lowest BCUT2D eigenvalue weighted by atomic mass is 10.1. The van der Waals surface area contributed by atoms with Crippen molar-refractivity contribution in [1.82, 2.24) is 9.97 Å². The second-order valence-electron chi connectivity index (χ2n) is 4.38. The Kier molecular flexibility index (Phi) is 4.02. The number of aromatic amines is 1. The van der Waals surface area contributed by atoms with Crippen molar-refractivity contribution < 1.29 is 17.9 Å². The Morgan fingerprint density at radius 3 is 2.57 bits per heavy atom. The summed E-state index contributed by atoms with van der Waals surface area (Å²) in [6.45, 7) is 3.29. The van der Waals surface area contributed by atoms with Gasteiger partial charge in [-0.2, -0.15) is 0 Å². The van der Waals surface area contributed by atoms with Gasteiger partial charge in [0.25, 0.3) is 5.56 Å². The summed E-state index contributed by atoms with van der Waals surface area (Å²) in [7, 11) is 0. The maximum Gasteiger partial charge on any atom is 0.573 e. The Balaban J connectivity index is 2.62. The quantitative estimate of drug-likeness (QED) is 0.946. The van der Waals surface area contributed by atoms with Gasteiger partial charge in [0.1, 0.15) is 11.6 Å². The van der Waals surface area contributed by atoms with E-state index in [2.05, 4.69) is 14.7 Å². The molecule has 1 N–H and O–H groups in total. The Morgan fingerprint density at radius 2 is 1.95 bits per heavy atom. The van der Waals surface area contributed by atoms with E-state index in [1.165, 1.54) is 25.1 Å². The van der Waals surface area contributed by atoms with Crippen LogP contribution in [0.5, 0.6) is 5.75 Å². The fourth-order valence-electron chi connectivity index (χ4n) is 1.88. The van der Waals surface area contributed by atoms with E-state index in [4.69, 9.17) is 0 Å². The molecule has 7 heteroatoms. The molecule has 0 saturated heterocycles. The van der Waals surface area contributed by atoms with Crippen LogP contribution >= 0.6 is 0 Å². The number of halogens is 3. The molecule has 21 heavy (non-hydrogen) atoms. The number of nitrogens with zero attached hydrogens (tertiary/aromatic N) is 1. The highest BCUT2D eigenvalue weighted by molar-refractivity contribution is 5.69. The minimum Gasteiger partial charge on any atom is -0.405 e. The normalized spacial score (nSPS) is 11.5. The molecule has 4 nitrogen and oxygen atoms in total. The number of para-hydroxylation sites is 1. The van der Waals surface area contributed by atoms with Crippen LogP contribution in [0.3, 0.4) is 0 Å². The first-order valence-corrected chi connectivity index (χ1v) is 6.26. The second-order valence-corrected chi connectivity index (χ2v) is 4.38. The third-order valence-electron chi connectivity index (χ3n) is 2.90. The lowest BCUT2D eigenvalue weighted by Crippen LogP contribution is -2.19. The molecule has 2 aromatic rings. The maximum atomic E-state index is 12.5. The Morgan fingerprint density at radius 1 is 1.29 bits per heavy atom. The number of ether oxygens (including phenoxy) is 1. The van der Waals surface area contributed by atoms with E-state index in [0.717, 1.165) is 0 Å². The van der Waals surface area contributed by atoms with Gasteiger partial charge in [-0.3, -0.25) is 4.79 Å². The molecule has 0 amide bonds. The van der Waals surface area contributed by atoms with Crippen LogP contribution in [0.15, 0.2) is 29.1 Å². The van der Waals surface area contributed by atoms with Crippen LogP contribution in [-0.2, 0) is 6.42 Å². The number of nitrogens with one attached hydrogen (secondary N) is 1. The summed E-state index contributed by atoms with van der Waals surface area (Å²) in [5.41, 5.74) is 0.188.